The number of nitrogens with zero attached hydrogens (tertiary/aromatic N) is 1. The van der Waals surface area contributed by atoms with Crippen molar-refractivity contribution in [3.63, 3.8) is 0 Å². The maximum absolute atomic E-state index is 12.5. The standard InChI is InChI=1S/C24H21N3O3S2/c1-2-30-19-11-8-16(9-12-19)23(29)26-18-10-13-20-21(14-18)32-24(27-20)31-15-22(28)25-17-6-4-3-5-7-17/h3-14H,2,15H2,1H3,(H,25,28)(H,26,29). The molecule has 0 radical (unpaired) electrons. The van der Waals surface area contributed by atoms with E-state index in [0.717, 1.165) is 26.0 Å². The number of nitrogens with one attached hydrogen (secondary N) is 2. The first-order valence-electron chi connectivity index (χ1n) is 10.0. The van der Waals surface area contributed by atoms with Gasteiger partial charge in [0.1, 0.15) is 5.75 Å². The van der Waals surface area contributed by atoms with Gasteiger partial charge in [0.2, 0.25) is 5.91 Å². The number of hydrogen-bond acceptors (Lipinski definition) is 6. The van der Waals surface area contributed by atoms with Gasteiger partial charge in [-0.3, -0.25) is 9.59 Å². The summed E-state index contributed by atoms with van der Waals surface area (Å²) >= 11 is 2.89. The number of benzene rings is 3. The molecule has 0 saturated heterocycles. The summed E-state index contributed by atoms with van der Waals surface area (Å²) in [5, 5.41) is 5.78. The van der Waals surface area contributed by atoms with Crippen LogP contribution < -0.4 is 15.4 Å². The topological polar surface area (TPSA) is 80.3 Å². The zero-order valence-corrected chi connectivity index (χ0v) is 19.0. The van der Waals surface area contributed by atoms with Crippen LogP contribution in [0.25, 0.3) is 10.2 Å². The lowest BCUT2D eigenvalue weighted by Gasteiger charge is -2.07. The molecule has 2 N–H and O–H groups in total. The number of anilines is 2. The number of para-hydroxylation sites is 1. The SMILES string of the molecule is CCOc1ccc(C(=O)Nc2ccc3nc(SCC(=O)Nc4ccccc4)sc3c2)cc1. The van der Waals surface area contributed by atoms with E-state index in [4.69, 9.17) is 4.74 Å². The molecule has 0 atom stereocenters. The third-order valence-corrected chi connectivity index (χ3v) is 6.60. The number of amides is 2. The molecular weight excluding hydrogens is 442 g/mol. The molecular formula is C24H21N3O3S2. The lowest BCUT2D eigenvalue weighted by atomic mass is 10.2. The Morgan fingerprint density at radius 2 is 1.75 bits per heavy atom. The highest BCUT2D eigenvalue weighted by Gasteiger charge is 2.11. The number of fused-ring (bicyclic) bond motifs is 1. The minimum atomic E-state index is -0.191. The summed E-state index contributed by atoms with van der Waals surface area (Å²) in [7, 11) is 0. The second kappa shape index (κ2) is 10.3. The number of thiazole rings is 1. The van der Waals surface area contributed by atoms with Gasteiger partial charge in [0, 0.05) is 16.9 Å². The van der Waals surface area contributed by atoms with E-state index >= 15 is 0 Å². The summed E-state index contributed by atoms with van der Waals surface area (Å²) in [6.45, 7) is 2.50. The number of carbonyl (C=O) groups is 2. The van der Waals surface area contributed by atoms with E-state index in [1.54, 1.807) is 24.3 Å². The molecule has 3 aromatic carbocycles. The lowest BCUT2D eigenvalue weighted by molar-refractivity contribution is -0.113. The Morgan fingerprint density at radius 3 is 2.50 bits per heavy atom. The molecule has 4 rings (SSSR count). The Bertz CT molecular complexity index is 1220. The maximum Gasteiger partial charge on any atom is 0.255 e. The van der Waals surface area contributed by atoms with E-state index < -0.39 is 0 Å². The molecule has 4 aromatic rings. The van der Waals surface area contributed by atoms with Crippen molar-refractivity contribution in [3.05, 3.63) is 78.4 Å². The summed E-state index contributed by atoms with van der Waals surface area (Å²) < 4.78 is 7.16. The maximum atomic E-state index is 12.5. The zero-order chi connectivity index (χ0) is 22.3. The van der Waals surface area contributed by atoms with Crippen molar-refractivity contribution in [1.29, 1.82) is 0 Å². The first kappa shape index (κ1) is 21.9. The fourth-order valence-corrected chi connectivity index (χ4v) is 4.87. The van der Waals surface area contributed by atoms with Crippen molar-refractivity contribution in [2.24, 2.45) is 0 Å². The average Bonchev–Trinajstić information content (AvgIpc) is 3.21. The van der Waals surface area contributed by atoms with Gasteiger partial charge in [-0.15, -0.1) is 11.3 Å². The van der Waals surface area contributed by atoms with E-state index in [9.17, 15) is 9.59 Å². The minimum Gasteiger partial charge on any atom is -0.494 e. The molecule has 2 amide bonds. The highest BCUT2D eigenvalue weighted by atomic mass is 32.2. The predicted octanol–water partition coefficient (Wildman–Crippen LogP) is 5.68. The van der Waals surface area contributed by atoms with E-state index in [1.807, 2.05) is 55.5 Å². The third-order valence-electron chi connectivity index (χ3n) is 4.44. The second-order valence-corrected chi connectivity index (χ2v) is 9.03. The van der Waals surface area contributed by atoms with Crippen LogP contribution in [-0.2, 0) is 4.79 Å². The molecule has 32 heavy (non-hydrogen) atoms. The quantitative estimate of drug-likeness (QED) is 0.329. The van der Waals surface area contributed by atoms with Crippen LogP contribution in [0.4, 0.5) is 11.4 Å². The second-order valence-electron chi connectivity index (χ2n) is 6.78. The van der Waals surface area contributed by atoms with Crippen molar-refractivity contribution in [2.75, 3.05) is 23.0 Å². The van der Waals surface area contributed by atoms with Gasteiger partial charge >= 0.3 is 0 Å². The Hall–Kier alpha value is -3.36. The van der Waals surface area contributed by atoms with Gasteiger partial charge in [-0.1, -0.05) is 30.0 Å². The van der Waals surface area contributed by atoms with Gasteiger partial charge in [0.05, 0.1) is 22.6 Å². The summed E-state index contributed by atoms with van der Waals surface area (Å²) in [6.07, 6.45) is 0. The first-order chi connectivity index (χ1) is 15.6. The van der Waals surface area contributed by atoms with Crippen LogP contribution in [0.5, 0.6) is 5.75 Å². The summed E-state index contributed by atoms with van der Waals surface area (Å²) in [6, 6.07) is 22.0. The minimum absolute atomic E-state index is 0.0798. The van der Waals surface area contributed by atoms with E-state index in [2.05, 4.69) is 15.6 Å². The highest BCUT2D eigenvalue weighted by molar-refractivity contribution is 8.01. The van der Waals surface area contributed by atoms with Crippen molar-refractivity contribution >= 4 is 56.5 Å². The summed E-state index contributed by atoms with van der Waals surface area (Å²) in [5.74, 6) is 0.737. The van der Waals surface area contributed by atoms with Crippen molar-refractivity contribution < 1.29 is 14.3 Å². The Labute approximate surface area is 194 Å². The summed E-state index contributed by atoms with van der Waals surface area (Å²) in [4.78, 5) is 29.3. The van der Waals surface area contributed by atoms with Crippen LogP contribution in [-0.4, -0.2) is 29.2 Å². The molecule has 0 unspecified atom stereocenters. The number of hydrogen-bond donors (Lipinski definition) is 2. The number of ether oxygens (including phenoxy) is 1. The molecule has 8 heteroatoms. The van der Waals surface area contributed by atoms with Crippen LogP contribution >= 0.6 is 23.1 Å². The number of aromatic nitrogens is 1. The molecule has 0 fully saturated rings. The lowest BCUT2D eigenvalue weighted by Crippen LogP contribution is -2.13. The van der Waals surface area contributed by atoms with E-state index in [0.29, 0.717) is 17.9 Å². The van der Waals surface area contributed by atoms with Crippen molar-refractivity contribution in [1.82, 2.24) is 4.98 Å². The van der Waals surface area contributed by atoms with Crippen LogP contribution in [0.15, 0.2) is 77.1 Å². The van der Waals surface area contributed by atoms with Crippen LogP contribution in [0.1, 0.15) is 17.3 Å². The number of carbonyl (C=O) groups excluding carboxylic acids is 2. The molecule has 1 heterocycles. The molecule has 0 bridgehead atoms. The van der Waals surface area contributed by atoms with Gasteiger partial charge in [-0.2, -0.15) is 0 Å². The van der Waals surface area contributed by atoms with E-state index in [-0.39, 0.29) is 17.6 Å². The average molecular weight is 464 g/mol. The molecule has 1 aromatic heterocycles. The highest BCUT2D eigenvalue weighted by Crippen LogP contribution is 2.31. The monoisotopic (exact) mass is 463 g/mol. The predicted molar refractivity (Wildman–Crippen MR) is 131 cm³/mol. The van der Waals surface area contributed by atoms with Crippen LogP contribution in [0, 0.1) is 0 Å². The first-order valence-corrected chi connectivity index (χ1v) is 11.8. The third kappa shape index (κ3) is 5.66. The fourth-order valence-electron chi connectivity index (χ4n) is 2.96. The molecule has 162 valence electrons. The van der Waals surface area contributed by atoms with Gasteiger partial charge in [0.25, 0.3) is 5.91 Å². The van der Waals surface area contributed by atoms with Gasteiger partial charge in [-0.25, -0.2) is 4.98 Å². The Kier molecular flexibility index (Phi) is 7.03. The Morgan fingerprint density at radius 1 is 0.969 bits per heavy atom. The van der Waals surface area contributed by atoms with Crippen molar-refractivity contribution in [3.8, 4) is 5.75 Å². The molecule has 0 aliphatic carbocycles. The normalized spacial score (nSPS) is 10.7. The van der Waals surface area contributed by atoms with Crippen LogP contribution in [0.2, 0.25) is 0 Å². The van der Waals surface area contributed by atoms with Gasteiger partial charge < -0.3 is 15.4 Å². The van der Waals surface area contributed by atoms with E-state index in [1.165, 1.54) is 23.1 Å². The largest absolute Gasteiger partial charge is 0.494 e. The molecule has 6 nitrogen and oxygen atoms in total. The van der Waals surface area contributed by atoms with Crippen LogP contribution in [0.3, 0.4) is 0 Å². The molecule has 0 aliphatic rings. The molecule has 0 aliphatic heterocycles. The smallest absolute Gasteiger partial charge is 0.255 e. The Balaban J connectivity index is 1.37. The fraction of sp³-hybridized carbons (Fsp3) is 0.125. The number of thioether (sulfide) groups is 1. The molecule has 0 spiro atoms. The van der Waals surface area contributed by atoms with Gasteiger partial charge in [-0.05, 0) is 61.5 Å². The number of rotatable bonds is 8. The zero-order valence-electron chi connectivity index (χ0n) is 17.3. The van der Waals surface area contributed by atoms with Crippen molar-refractivity contribution in [2.45, 2.75) is 11.3 Å². The van der Waals surface area contributed by atoms with Gasteiger partial charge in [0.15, 0.2) is 4.34 Å². The summed E-state index contributed by atoms with van der Waals surface area (Å²) in [5.41, 5.74) is 2.85. The molecule has 0 saturated carbocycles.